The van der Waals surface area contributed by atoms with Gasteiger partial charge >= 0.3 is 0 Å². The van der Waals surface area contributed by atoms with Crippen LogP contribution in [0.3, 0.4) is 0 Å². The number of fused-ring (bicyclic) bond motifs is 1. The summed E-state index contributed by atoms with van der Waals surface area (Å²) in [7, 11) is 0. The minimum atomic E-state index is -1.45. The van der Waals surface area contributed by atoms with Gasteiger partial charge in [0, 0.05) is 49.9 Å². The molecule has 6 heteroatoms. The minimum absolute atomic E-state index is 0.194. The first-order valence-corrected chi connectivity index (χ1v) is 11.4. The molecule has 1 aliphatic heterocycles. The second-order valence-electron chi connectivity index (χ2n) is 8.46. The van der Waals surface area contributed by atoms with Crippen molar-refractivity contribution < 1.29 is 14.3 Å². The van der Waals surface area contributed by atoms with E-state index in [1.807, 2.05) is 48.2 Å². The molecule has 0 unspecified atom stereocenters. The number of ketones is 2. The maximum Gasteiger partial charge on any atom is 0.213 e. The molecule has 3 aromatic rings. The summed E-state index contributed by atoms with van der Waals surface area (Å²) in [4.78, 5) is 36.9. The van der Waals surface area contributed by atoms with E-state index < -0.39 is 5.54 Å². The summed E-state index contributed by atoms with van der Waals surface area (Å²) in [5.74, 6) is 0.0372. The Bertz CT molecular complexity index is 1130. The Morgan fingerprint density at radius 1 is 0.818 bits per heavy atom. The van der Waals surface area contributed by atoms with E-state index in [0.29, 0.717) is 42.4 Å². The third-order valence-electron chi connectivity index (χ3n) is 6.56. The summed E-state index contributed by atoms with van der Waals surface area (Å²) < 4.78 is 5.61. The Kier molecular flexibility index (Phi) is 5.79. The quantitative estimate of drug-likeness (QED) is 0.545. The second kappa shape index (κ2) is 8.89. The number of pyridine rings is 1. The van der Waals surface area contributed by atoms with Crippen LogP contribution in [0.15, 0.2) is 72.8 Å². The zero-order valence-corrected chi connectivity index (χ0v) is 18.7. The van der Waals surface area contributed by atoms with Gasteiger partial charge in [-0.1, -0.05) is 60.7 Å². The first-order chi connectivity index (χ1) is 16.1. The Morgan fingerprint density at radius 2 is 1.45 bits per heavy atom. The average Bonchev–Trinajstić information content (AvgIpc) is 3.08. The molecular weight excluding hydrogens is 414 g/mol. The first-order valence-electron chi connectivity index (χ1n) is 11.4. The molecule has 2 aromatic carbocycles. The van der Waals surface area contributed by atoms with Gasteiger partial charge in [-0.05, 0) is 18.6 Å². The van der Waals surface area contributed by atoms with E-state index in [9.17, 15) is 9.59 Å². The second-order valence-corrected chi connectivity index (χ2v) is 8.46. The normalized spacial score (nSPS) is 18.3. The molecule has 0 saturated carbocycles. The molecule has 33 heavy (non-hydrogen) atoms. The Balaban J connectivity index is 1.49. The van der Waals surface area contributed by atoms with Crippen LogP contribution >= 0.6 is 0 Å². The number of hydrogen-bond acceptors (Lipinski definition) is 6. The van der Waals surface area contributed by atoms with Gasteiger partial charge < -0.3 is 4.74 Å². The molecule has 0 atom stereocenters. The van der Waals surface area contributed by atoms with Crippen LogP contribution in [-0.4, -0.2) is 59.1 Å². The summed E-state index contributed by atoms with van der Waals surface area (Å²) >= 11 is 0. The number of hydrogen-bond donors (Lipinski definition) is 0. The van der Waals surface area contributed by atoms with Gasteiger partial charge in [-0.2, -0.15) is 0 Å². The van der Waals surface area contributed by atoms with E-state index in [0.717, 1.165) is 19.6 Å². The van der Waals surface area contributed by atoms with Crippen molar-refractivity contribution in [3.63, 3.8) is 0 Å². The molecule has 1 aliphatic carbocycles. The monoisotopic (exact) mass is 441 g/mol. The number of ether oxygens (including phenoxy) is 1. The molecule has 0 amide bonds. The SMILES string of the molecule is CCOc1cccc(C2(N3CCN(Cc4ccccc4)CC3)C(=O)c3ccccc3C2=O)n1. The van der Waals surface area contributed by atoms with Crippen molar-refractivity contribution in [3.8, 4) is 5.88 Å². The summed E-state index contributed by atoms with van der Waals surface area (Å²) in [6, 6.07) is 22.8. The molecule has 168 valence electrons. The highest BCUT2D eigenvalue weighted by molar-refractivity contribution is 6.32. The molecule has 2 aliphatic rings. The predicted octanol–water partition coefficient (Wildman–Crippen LogP) is 3.57. The Morgan fingerprint density at radius 3 is 2.09 bits per heavy atom. The fraction of sp³-hybridized carbons (Fsp3) is 0.296. The molecule has 6 nitrogen and oxygen atoms in total. The number of aromatic nitrogens is 1. The highest BCUT2D eigenvalue weighted by Crippen LogP contribution is 2.42. The minimum Gasteiger partial charge on any atom is -0.478 e. The van der Waals surface area contributed by atoms with E-state index in [4.69, 9.17) is 4.74 Å². The van der Waals surface area contributed by atoms with Crippen molar-refractivity contribution in [2.45, 2.75) is 19.0 Å². The molecule has 0 bridgehead atoms. The molecule has 2 heterocycles. The summed E-state index contributed by atoms with van der Waals surface area (Å²) in [6.45, 7) is 5.92. The highest BCUT2D eigenvalue weighted by Gasteiger charge is 2.59. The smallest absolute Gasteiger partial charge is 0.213 e. The third kappa shape index (κ3) is 3.65. The van der Waals surface area contributed by atoms with Crippen LogP contribution in [0.1, 0.15) is 38.9 Å². The molecule has 0 spiro atoms. The highest BCUT2D eigenvalue weighted by atomic mass is 16.5. The standard InChI is InChI=1S/C27H27N3O3/c1-2-33-24-14-8-13-23(28-24)27(25(31)21-11-6-7-12-22(21)26(27)32)30-17-15-29(16-18-30)19-20-9-4-3-5-10-20/h3-14H,2,15-19H2,1H3. The van der Waals surface area contributed by atoms with Gasteiger partial charge in [-0.3, -0.25) is 19.4 Å². The molecule has 0 radical (unpaired) electrons. The van der Waals surface area contributed by atoms with E-state index in [1.54, 1.807) is 24.3 Å². The first kappa shape index (κ1) is 21.5. The number of Topliss-reactive ketones (excluding diaryl/α,β-unsaturated/α-hetero) is 2. The van der Waals surface area contributed by atoms with Crippen LogP contribution in [0.2, 0.25) is 0 Å². The maximum atomic E-state index is 13.9. The van der Waals surface area contributed by atoms with E-state index in [1.165, 1.54) is 5.56 Å². The van der Waals surface area contributed by atoms with Gasteiger partial charge in [0.15, 0.2) is 17.1 Å². The average molecular weight is 442 g/mol. The number of piperazine rings is 1. The lowest BCUT2D eigenvalue weighted by Gasteiger charge is -2.43. The number of carbonyl (C=O) groups is 2. The van der Waals surface area contributed by atoms with Crippen molar-refractivity contribution in [2.75, 3.05) is 32.8 Å². The van der Waals surface area contributed by atoms with Gasteiger partial charge in [-0.15, -0.1) is 0 Å². The van der Waals surface area contributed by atoms with Crippen molar-refractivity contribution in [2.24, 2.45) is 0 Å². The van der Waals surface area contributed by atoms with Crippen LogP contribution in [0.25, 0.3) is 0 Å². The fourth-order valence-electron chi connectivity index (χ4n) is 4.98. The molecule has 0 N–H and O–H groups in total. The van der Waals surface area contributed by atoms with Gasteiger partial charge in [-0.25, -0.2) is 4.98 Å². The zero-order chi connectivity index (χ0) is 22.8. The van der Waals surface area contributed by atoms with Crippen molar-refractivity contribution in [1.82, 2.24) is 14.8 Å². The molecule has 1 fully saturated rings. The van der Waals surface area contributed by atoms with Gasteiger partial charge in [0.25, 0.3) is 0 Å². The molecule has 1 aromatic heterocycles. The van der Waals surface area contributed by atoms with Gasteiger partial charge in [0.1, 0.15) is 0 Å². The number of rotatable bonds is 6. The van der Waals surface area contributed by atoms with Crippen molar-refractivity contribution in [1.29, 1.82) is 0 Å². The Labute approximate surface area is 193 Å². The summed E-state index contributed by atoms with van der Waals surface area (Å²) in [5.41, 5.74) is 1.19. The molecule has 5 rings (SSSR count). The number of nitrogens with zero attached hydrogens (tertiary/aromatic N) is 3. The van der Waals surface area contributed by atoms with E-state index >= 15 is 0 Å². The van der Waals surface area contributed by atoms with E-state index in [-0.39, 0.29) is 11.6 Å². The third-order valence-corrected chi connectivity index (χ3v) is 6.56. The molecule has 1 saturated heterocycles. The maximum absolute atomic E-state index is 13.9. The largest absolute Gasteiger partial charge is 0.478 e. The number of carbonyl (C=O) groups excluding carboxylic acids is 2. The summed E-state index contributed by atoms with van der Waals surface area (Å²) in [5, 5.41) is 0. The van der Waals surface area contributed by atoms with Crippen LogP contribution in [0, 0.1) is 0 Å². The summed E-state index contributed by atoms with van der Waals surface area (Å²) in [6.07, 6.45) is 0. The Hall–Kier alpha value is -3.35. The predicted molar refractivity (Wildman–Crippen MR) is 125 cm³/mol. The van der Waals surface area contributed by atoms with Gasteiger partial charge in [0.05, 0.1) is 12.3 Å². The van der Waals surface area contributed by atoms with Crippen LogP contribution < -0.4 is 4.74 Å². The lowest BCUT2D eigenvalue weighted by atomic mass is 9.85. The van der Waals surface area contributed by atoms with E-state index in [2.05, 4.69) is 22.0 Å². The van der Waals surface area contributed by atoms with Crippen molar-refractivity contribution in [3.05, 3.63) is 95.2 Å². The fourth-order valence-corrected chi connectivity index (χ4v) is 4.98. The van der Waals surface area contributed by atoms with Gasteiger partial charge in [0.2, 0.25) is 5.88 Å². The lowest BCUT2D eigenvalue weighted by Crippen LogP contribution is -2.60. The zero-order valence-electron chi connectivity index (χ0n) is 18.7. The lowest BCUT2D eigenvalue weighted by molar-refractivity contribution is 0.0265. The molecular formula is C27H27N3O3. The van der Waals surface area contributed by atoms with Crippen LogP contribution in [0.4, 0.5) is 0 Å². The van der Waals surface area contributed by atoms with Crippen LogP contribution in [0.5, 0.6) is 5.88 Å². The number of benzene rings is 2. The topological polar surface area (TPSA) is 62.7 Å². The van der Waals surface area contributed by atoms with Crippen molar-refractivity contribution >= 4 is 11.6 Å². The van der Waals surface area contributed by atoms with Crippen LogP contribution in [-0.2, 0) is 12.1 Å².